The summed E-state index contributed by atoms with van der Waals surface area (Å²) in [6.45, 7) is 2.37. The van der Waals surface area contributed by atoms with Crippen LogP contribution < -0.4 is 5.32 Å². The average molecular weight is 291 g/mol. The van der Waals surface area contributed by atoms with Gasteiger partial charge in [-0.05, 0) is 18.3 Å². The molecule has 2 aliphatic rings. The van der Waals surface area contributed by atoms with Crippen molar-refractivity contribution in [3.8, 4) is 0 Å². The second kappa shape index (κ2) is 5.75. The standard InChI is InChI=1S/C15H25N5O/c1-19(9-12-10-20(2)18-17-12)14(21)13-8-16-11-15(13)6-4-3-5-7-15/h10,13,16H,3-9,11H2,1-2H3. The summed E-state index contributed by atoms with van der Waals surface area (Å²) in [5.74, 6) is 0.382. The van der Waals surface area contributed by atoms with Gasteiger partial charge < -0.3 is 10.2 Å². The molecule has 21 heavy (non-hydrogen) atoms. The molecule has 1 saturated carbocycles. The second-order valence-corrected chi connectivity index (χ2v) is 6.68. The number of nitrogens with zero attached hydrogens (tertiary/aromatic N) is 4. The van der Waals surface area contributed by atoms with Crippen LogP contribution in [0, 0.1) is 11.3 Å². The van der Waals surface area contributed by atoms with Gasteiger partial charge in [-0.2, -0.15) is 0 Å². The van der Waals surface area contributed by atoms with E-state index in [0.717, 1.165) is 18.8 Å². The van der Waals surface area contributed by atoms with Gasteiger partial charge in [0.1, 0.15) is 5.69 Å². The Morgan fingerprint density at radius 2 is 2.24 bits per heavy atom. The molecule has 0 bridgehead atoms. The van der Waals surface area contributed by atoms with Gasteiger partial charge in [-0.1, -0.05) is 24.5 Å². The molecule has 6 nitrogen and oxygen atoms in total. The first-order valence-electron chi connectivity index (χ1n) is 7.92. The molecular weight excluding hydrogens is 266 g/mol. The summed E-state index contributed by atoms with van der Waals surface area (Å²) in [6, 6.07) is 0. The smallest absolute Gasteiger partial charge is 0.227 e. The number of nitrogens with one attached hydrogen (secondary N) is 1. The van der Waals surface area contributed by atoms with Crippen LogP contribution in [0.5, 0.6) is 0 Å². The highest BCUT2D eigenvalue weighted by Gasteiger charge is 2.47. The lowest BCUT2D eigenvalue weighted by Crippen LogP contribution is -2.43. The molecule has 1 spiro atoms. The highest BCUT2D eigenvalue weighted by Crippen LogP contribution is 2.45. The summed E-state index contributed by atoms with van der Waals surface area (Å²) < 4.78 is 1.67. The fraction of sp³-hybridized carbons (Fsp3) is 0.800. The summed E-state index contributed by atoms with van der Waals surface area (Å²) in [5.41, 5.74) is 1.04. The Kier molecular flexibility index (Phi) is 3.97. The minimum atomic E-state index is 0.125. The van der Waals surface area contributed by atoms with E-state index >= 15 is 0 Å². The molecule has 3 rings (SSSR count). The van der Waals surface area contributed by atoms with Crippen LogP contribution in [0.1, 0.15) is 37.8 Å². The third kappa shape index (κ3) is 2.81. The van der Waals surface area contributed by atoms with Gasteiger partial charge in [0.25, 0.3) is 0 Å². The number of carbonyl (C=O) groups is 1. The van der Waals surface area contributed by atoms with Gasteiger partial charge in [0.15, 0.2) is 0 Å². The predicted molar refractivity (Wildman–Crippen MR) is 79.4 cm³/mol. The first-order chi connectivity index (χ1) is 10.1. The molecular formula is C15H25N5O. The summed E-state index contributed by atoms with van der Waals surface area (Å²) in [7, 11) is 3.72. The Morgan fingerprint density at radius 3 is 2.90 bits per heavy atom. The van der Waals surface area contributed by atoms with E-state index in [2.05, 4.69) is 15.6 Å². The molecule has 1 aliphatic heterocycles. The minimum Gasteiger partial charge on any atom is -0.339 e. The maximum Gasteiger partial charge on any atom is 0.227 e. The van der Waals surface area contributed by atoms with Gasteiger partial charge in [-0.3, -0.25) is 9.48 Å². The van der Waals surface area contributed by atoms with Crippen LogP contribution in [0.2, 0.25) is 0 Å². The number of amides is 1. The second-order valence-electron chi connectivity index (χ2n) is 6.68. The Balaban J connectivity index is 1.68. The molecule has 1 amide bonds. The summed E-state index contributed by atoms with van der Waals surface area (Å²) in [5, 5.41) is 11.5. The van der Waals surface area contributed by atoms with Crippen molar-refractivity contribution in [2.75, 3.05) is 20.1 Å². The third-order valence-corrected chi connectivity index (χ3v) is 5.14. The van der Waals surface area contributed by atoms with E-state index in [-0.39, 0.29) is 17.2 Å². The molecule has 1 aliphatic carbocycles. The maximum atomic E-state index is 12.9. The van der Waals surface area contributed by atoms with Crippen molar-refractivity contribution in [2.24, 2.45) is 18.4 Å². The molecule has 1 atom stereocenters. The number of rotatable bonds is 3. The van der Waals surface area contributed by atoms with E-state index in [4.69, 9.17) is 0 Å². The van der Waals surface area contributed by atoms with E-state index in [0.29, 0.717) is 6.54 Å². The molecule has 1 aromatic rings. The zero-order chi connectivity index (χ0) is 14.9. The van der Waals surface area contributed by atoms with Crippen molar-refractivity contribution in [1.82, 2.24) is 25.2 Å². The van der Waals surface area contributed by atoms with Gasteiger partial charge in [-0.15, -0.1) is 5.10 Å². The predicted octanol–water partition coefficient (Wildman–Crippen LogP) is 0.943. The molecule has 1 aromatic heterocycles. The van der Waals surface area contributed by atoms with Gasteiger partial charge in [0.2, 0.25) is 5.91 Å². The van der Waals surface area contributed by atoms with E-state index in [9.17, 15) is 4.79 Å². The highest BCUT2D eigenvalue weighted by atomic mass is 16.2. The first kappa shape index (κ1) is 14.5. The fourth-order valence-electron chi connectivity index (χ4n) is 3.99. The van der Waals surface area contributed by atoms with Gasteiger partial charge in [-0.25, -0.2) is 0 Å². The molecule has 116 valence electrons. The molecule has 2 fully saturated rings. The van der Waals surface area contributed by atoms with Crippen molar-refractivity contribution in [3.63, 3.8) is 0 Å². The van der Waals surface area contributed by atoms with Crippen molar-refractivity contribution in [1.29, 1.82) is 0 Å². The van der Waals surface area contributed by atoms with Crippen molar-refractivity contribution < 1.29 is 4.79 Å². The van der Waals surface area contributed by atoms with Crippen molar-refractivity contribution >= 4 is 5.91 Å². The SMILES string of the molecule is CN(Cc1cn(C)nn1)C(=O)C1CNCC12CCCCC2. The van der Waals surface area contributed by atoms with Gasteiger partial charge in [0, 0.05) is 33.4 Å². The van der Waals surface area contributed by atoms with Crippen LogP contribution in [-0.4, -0.2) is 45.9 Å². The van der Waals surface area contributed by atoms with Gasteiger partial charge in [0.05, 0.1) is 12.5 Å². The van der Waals surface area contributed by atoms with Crippen molar-refractivity contribution in [3.05, 3.63) is 11.9 Å². The van der Waals surface area contributed by atoms with Crippen LogP contribution in [0.4, 0.5) is 0 Å². The summed E-state index contributed by atoms with van der Waals surface area (Å²) >= 11 is 0. The highest BCUT2D eigenvalue weighted by molar-refractivity contribution is 5.80. The Hall–Kier alpha value is -1.43. The Morgan fingerprint density at radius 1 is 1.48 bits per heavy atom. The van der Waals surface area contributed by atoms with Crippen LogP contribution in [0.15, 0.2) is 6.20 Å². The zero-order valence-corrected chi connectivity index (χ0v) is 13.0. The number of hydrogen-bond donors (Lipinski definition) is 1. The molecule has 0 aromatic carbocycles. The number of hydrogen-bond acceptors (Lipinski definition) is 4. The lowest BCUT2D eigenvalue weighted by Gasteiger charge is -2.38. The van der Waals surface area contributed by atoms with Crippen LogP contribution in [0.25, 0.3) is 0 Å². The van der Waals surface area contributed by atoms with E-state index in [1.54, 1.807) is 4.68 Å². The van der Waals surface area contributed by atoms with E-state index < -0.39 is 0 Å². The molecule has 0 radical (unpaired) electrons. The Labute approximate surface area is 125 Å². The lowest BCUT2D eigenvalue weighted by atomic mass is 9.67. The Bertz CT molecular complexity index is 506. The van der Waals surface area contributed by atoms with Crippen LogP contribution in [0.3, 0.4) is 0 Å². The topological polar surface area (TPSA) is 63.1 Å². The maximum absolute atomic E-state index is 12.9. The fourth-order valence-corrected chi connectivity index (χ4v) is 3.99. The first-order valence-corrected chi connectivity index (χ1v) is 7.92. The molecule has 1 N–H and O–H groups in total. The van der Waals surface area contributed by atoms with Crippen molar-refractivity contribution in [2.45, 2.75) is 38.6 Å². The minimum absolute atomic E-state index is 0.125. The molecule has 6 heteroatoms. The largest absolute Gasteiger partial charge is 0.339 e. The van der Waals surface area contributed by atoms with E-state index in [1.165, 1.54) is 32.1 Å². The van der Waals surface area contributed by atoms with Crippen LogP contribution >= 0.6 is 0 Å². The number of aromatic nitrogens is 3. The monoisotopic (exact) mass is 291 g/mol. The van der Waals surface area contributed by atoms with Crippen LogP contribution in [-0.2, 0) is 18.4 Å². The normalized spacial score (nSPS) is 24.4. The number of carbonyl (C=O) groups excluding carboxylic acids is 1. The number of aryl methyl sites for hydroxylation is 1. The quantitative estimate of drug-likeness (QED) is 0.900. The third-order valence-electron chi connectivity index (χ3n) is 5.14. The lowest BCUT2D eigenvalue weighted by molar-refractivity contribution is -0.138. The molecule has 2 heterocycles. The van der Waals surface area contributed by atoms with Gasteiger partial charge >= 0.3 is 0 Å². The molecule has 1 unspecified atom stereocenters. The summed E-state index contributed by atoms with van der Waals surface area (Å²) in [4.78, 5) is 14.7. The summed E-state index contributed by atoms with van der Waals surface area (Å²) in [6.07, 6.45) is 8.09. The van der Waals surface area contributed by atoms with E-state index in [1.807, 2.05) is 25.2 Å². The average Bonchev–Trinajstić information content (AvgIpc) is 3.06. The molecule has 1 saturated heterocycles. The zero-order valence-electron chi connectivity index (χ0n) is 13.0.